The van der Waals surface area contributed by atoms with Crippen molar-refractivity contribution in [2.75, 3.05) is 6.54 Å². The predicted octanol–water partition coefficient (Wildman–Crippen LogP) is 4.19. The predicted molar refractivity (Wildman–Crippen MR) is 129 cm³/mol. The van der Waals surface area contributed by atoms with Crippen molar-refractivity contribution in [2.24, 2.45) is 11.8 Å². The first kappa shape index (κ1) is 22.8. The summed E-state index contributed by atoms with van der Waals surface area (Å²) in [6.45, 7) is 2.10. The number of carbonyl (C=O) groups excluding carboxylic acids is 3. The zero-order valence-electron chi connectivity index (χ0n) is 19.0. The minimum absolute atomic E-state index is 0.124. The Balaban J connectivity index is 1.52. The van der Waals surface area contributed by atoms with Crippen LogP contribution in [0.15, 0.2) is 66.0 Å². The van der Waals surface area contributed by atoms with Crippen molar-refractivity contribution in [3.8, 4) is 0 Å². The summed E-state index contributed by atoms with van der Waals surface area (Å²) in [5, 5.41) is 10.7. The Morgan fingerprint density at radius 3 is 2.45 bits per heavy atom. The fourth-order valence-electron chi connectivity index (χ4n) is 4.77. The molecule has 3 amide bonds. The van der Waals surface area contributed by atoms with Crippen LogP contribution in [0.25, 0.3) is 10.8 Å². The van der Waals surface area contributed by atoms with E-state index in [4.69, 9.17) is 0 Å². The maximum Gasteiger partial charge on any atom is 0.256 e. The number of rotatable bonds is 6. The maximum atomic E-state index is 13.2. The largest absolute Gasteiger partial charge is 0.355 e. The first-order valence-electron chi connectivity index (χ1n) is 11.8. The molecule has 1 atom stereocenters. The Morgan fingerprint density at radius 2 is 1.67 bits per heavy atom. The second kappa shape index (κ2) is 10.5. The molecule has 33 heavy (non-hydrogen) atoms. The molecule has 0 heterocycles. The smallest absolute Gasteiger partial charge is 0.256 e. The second-order valence-electron chi connectivity index (χ2n) is 8.98. The van der Waals surface area contributed by atoms with E-state index in [0.29, 0.717) is 35.8 Å². The third-order valence-corrected chi connectivity index (χ3v) is 6.50. The summed E-state index contributed by atoms with van der Waals surface area (Å²) in [6.07, 6.45) is 9.79. The van der Waals surface area contributed by atoms with Gasteiger partial charge in [0.25, 0.3) is 5.91 Å². The van der Waals surface area contributed by atoms with Crippen molar-refractivity contribution in [3.63, 3.8) is 0 Å². The summed E-state index contributed by atoms with van der Waals surface area (Å²) >= 11 is 0. The minimum Gasteiger partial charge on any atom is -0.355 e. The van der Waals surface area contributed by atoms with Gasteiger partial charge in [-0.3, -0.25) is 14.4 Å². The number of amides is 3. The molecule has 0 aliphatic heterocycles. The molecule has 0 saturated heterocycles. The van der Waals surface area contributed by atoms with Gasteiger partial charge in [-0.1, -0.05) is 55.7 Å². The van der Waals surface area contributed by atoms with Crippen LogP contribution in [0.3, 0.4) is 0 Å². The summed E-state index contributed by atoms with van der Waals surface area (Å²) in [4.78, 5) is 37.9. The molecule has 6 heteroatoms. The average molecular weight is 446 g/mol. The van der Waals surface area contributed by atoms with Crippen LogP contribution in [-0.2, 0) is 9.59 Å². The molecule has 2 aliphatic carbocycles. The van der Waals surface area contributed by atoms with Crippen molar-refractivity contribution in [3.05, 3.63) is 71.6 Å². The van der Waals surface area contributed by atoms with Gasteiger partial charge in [-0.05, 0) is 47.8 Å². The molecule has 2 aromatic carbocycles. The summed E-state index contributed by atoms with van der Waals surface area (Å²) in [7, 11) is 0. The van der Waals surface area contributed by atoms with Crippen LogP contribution in [0, 0.1) is 11.8 Å². The van der Waals surface area contributed by atoms with Gasteiger partial charge in [0.2, 0.25) is 11.8 Å². The van der Waals surface area contributed by atoms with Crippen LogP contribution >= 0.6 is 0 Å². The highest BCUT2D eigenvalue weighted by Crippen LogP contribution is 2.26. The molecule has 4 rings (SSSR count). The summed E-state index contributed by atoms with van der Waals surface area (Å²) in [5.74, 6) is -0.617. The highest BCUT2D eigenvalue weighted by atomic mass is 16.2. The van der Waals surface area contributed by atoms with Crippen LogP contribution in [0.4, 0.5) is 0 Å². The molecule has 1 fully saturated rings. The highest BCUT2D eigenvalue weighted by molar-refractivity contribution is 6.07. The van der Waals surface area contributed by atoms with E-state index >= 15 is 0 Å². The van der Waals surface area contributed by atoms with Gasteiger partial charge in [0.1, 0.15) is 0 Å². The van der Waals surface area contributed by atoms with Crippen molar-refractivity contribution < 1.29 is 14.4 Å². The summed E-state index contributed by atoms with van der Waals surface area (Å²) in [5.41, 5.74) is 1.78. The maximum absolute atomic E-state index is 13.2. The van der Waals surface area contributed by atoms with Gasteiger partial charge < -0.3 is 16.0 Å². The third-order valence-electron chi connectivity index (χ3n) is 6.50. The number of allylic oxidation sites excluding steroid dienone is 3. The molecular weight excluding hydrogens is 414 g/mol. The van der Waals surface area contributed by atoms with Gasteiger partial charge in [-0.2, -0.15) is 0 Å². The third kappa shape index (κ3) is 5.69. The lowest BCUT2D eigenvalue weighted by Gasteiger charge is -2.27. The molecule has 0 bridgehead atoms. The Labute approximate surface area is 194 Å². The number of carbonyl (C=O) groups is 3. The second-order valence-corrected chi connectivity index (χ2v) is 8.98. The molecule has 1 unspecified atom stereocenters. The highest BCUT2D eigenvalue weighted by Gasteiger charge is 2.29. The Kier molecular flexibility index (Phi) is 7.23. The molecule has 0 aromatic heterocycles. The van der Waals surface area contributed by atoms with E-state index in [-0.39, 0.29) is 17.7 Å². The van der Waals surface area contributed by atoms with Gasteiger partial charge in [0.05, 0.1) is 5.92 Å². The van der Waals surface area contributed by atoms with Crippen molar-refractivity contribution >= 4 is 28.5 Å². The first-order chi connectivity index (χ1) is 16.0. The molecular formula is C27H31N3O3. The van der Waals surface area contributed by atoms with Gasteiger partial charge >= 0.3 is 0 Å². The number of benzene rings is 2. The molecule has 2 aliphatic rings. The fourth-order valence-corrected chi connectivity index (χ4v) is 4.77. The number of hydrogen-bond acceptors (Lipinski definition) is 3. The average Bonchev–Trinajstić information content (AvgIpc) is 2.83. The summed E-state index contributed by atoms with van der Waals surface area (Å²) in [6, 6.07) is 13.3. The van der Waals surface area contributed by atoms with Crippen molar-refractivity contribution in [2.45, 2.75) is 45.4 Å². The molecule has 3 N–H and O–H groups in total. The lowest BCUT2D eigenvalue weighted by molar-refractivity contribution is -0.124. The zero-order valence-corrected chi connectivity index (χ0v) is 19.0. The first-order valence-corrected chi connectivity index (χ1v) is 11.8. The van der Waals surface area contributed by atoms with Crippen molar-refractivity contribution in [1.82, 2.24) is 16.0 Å². The Morgan fingerprint density at radius 1 is 0.909 bits per heavy atom. The van der Waals surface area contributed by atoms with Crippen LogP contribution in [0.2, 0.25) is 0 Å². The lowest BCUT2D eigenvalue weighted by atomic mass is 9.88. The van der Waals surface area contributed by atoms with E-state index in [0.717, 1.165) is 23.6 Å². The van der Waals surface area contributed by atoms with E-state index in [1.165, 1.54) is 26.2 Å². The van der Waals surface area contributed by atoms with E-state index in [9.17, 15) is 14.4 Å². The fraction of sp³-hybridized carbons (Fsp3) is 0.370. The Bertz CT molecular complexity index is 1110. The summed E-state index contributed by atoms with van der Waals surface area (Å²) < 4.78 is 0. The standard InChI is InChI=1S/C27H31N3O3/c1-18(31)29-21-14-15-25(24(16-21)26(32)28-17-19-8-3-2-4-9-19)30-27(33)23-13-7-11-20-10-5-6-12-22(20)23/h5-7,10-15,19,24H,2-4,8-9,16-17H2,1H3,(H,28,32)(H,29,31)(H,30,33). The van der Waals surface area contributed by atoms with Crippen LogP contribution < -0.4 is 16.0 Å². The van der Waals surface area contributed by atoms with E-state index in [2.05, 4.69) is 16.0 Å². The van der Waals surface area contributed by atoms with Gasteiger partial charge in [-0.25, -0.2) is 0 Å². The monoisotopic (exact) mass is 445 g/mol. The van der Waals surface area contributed by atoms with E-state index in [1.807, 2.05) is 36.4 Å². The molecule has 6 nitrogen and oxygen atoms in total. The molecule has 1 saturated carbocycles. The lowest BCUT2D eigenvalue weighted by Crippen LogP contribution is -2.41. The van der Waals surface area contributed by atoms with Crippen molar-refractivity contribution in [1.29, 1.82) is 0 Å². The zero-order chi connectivity index (χ0) is 23.2. The normalized spacial score (nSPS) is 18.8. The number of nitrogens with one attached hydrogen (secondary N) is 3. The van der Waals surface area contributed by atoms with E-state index in [1.54, 1.807) is 18.2 Å². The quantitative estimate of drug-likeness (QED) is 0.623. The number of fused-ring (bicyclic) bond motifs is 1. The van der Waals surface area contributed by atoms with E-state index < -0.39 is 5.92 Å². The number of hydrogen-bond donors (Lipinski definition) is 3. The molecule has 0 radical (unpaired) electrons. The molecule has 0 spiro atoms. The molecule has 2 aromatic rings. The van der Waals surface area contributed by atoms with Gasteiger partial charge in [0.15, 0.2) is 0 Å². The Hall–Kier alpha value is -3.41. The van der Waals surface area contributed by atoms with Gasteiger partial charge in [-0.15, -0.1) is 0 Å². The topological polar surface area (TPSA) is 87.3 Å². The van der Waals surface area contributed by atoms with Crippen LogP contribution in [-0.4, -0.2) is 24.3 Å². The SMILES string of the molecule is CC(=O)NC1=CC=C(NC(=O)c2cccc3ccccc23)C(C(=O)NCC2CCCCC2)C1. The van der Waals surface area contributed by atoms with Crippen LogP contribution in [0.5, 0.6) is 0 Å². The molecule has 172 valence electrons. The minimum atomic E-state index is -0.570. The van der Waals surface area contributed by atoms with Crippen LogP contribution in [0.1, 0.15) is 55.8 Å². The van der Waals surface area contributed by atoms with Gasteiger partial charge in [0, 0.05) is 36.8 Å².